The van der Waals surface area contributed by atoms with Gasteiger partial charge in [0.2, 0.25) is 4.75 Å². The molecule has 0 bridgehead atoms. The summed E-state index contributed by atoms with van der Waals surface area (Å²) in [6, 6.07) is 9.57. The molecule has 1 aromatic carbocycles. The van der Waals surface area contributed by atoms with Crippen molar-refractivity contribution < 1.29 is 18.3 Å². The molecule has 0 aliphatic carbocycles. The monoisotopic (exact) mass is 406 g/mol. The molecule has 1 unspecified atom stereocenters. The summed E-state index contributed by atoms with van der Waals surface area (Å²) in [6.07, 6.45) is 2.05. The third-order valence-corrected chi connectivity index (χ3v) is 9.51. The Bertz CT molecular complexity index is 763. The first-order valence-corrected chi connectivity index (χ1v) is 11.7. The van der Waals surface area contributed by atoms with Gasteiger partial charge in [-0.05, 0) is 38.2 Å². The molecule has 3 fully saturated rings. The van der Waals surface area contributed by atoms with E-state index in [1.165, 1.54) is 0 Å². The second-order valence-corrected chi connectivity index (χ2v) is 11.6. The topological polar surface area (TPSA) is 72.9 Å². The summed E-state index contributed by atoms with van der Waals surface area (Å²) < 4.78 is 30.6. The Kier molecular flexibility index (Phi) is 5.37. The largest absolute Gasteiger partial charge is 0.614 e. The van der Waals surface area contributed by atoms with Gasteiger partial charge in [0.1, 0.15) is 0 Å². The molecule has 4 rings (SSSR count). The second-order valence-electron chi connectivity index (χ2n) is 8.85. The fraction of sp³-hybridized carbons (Fsp3) is 0.667. The van der Waals surface area contributed by atoms with Gasteiger partial charge in [0, 0.05) is 39.4 Å². The van der Waals surface area contributed by atoms with Crippen molar-refractivity contribution in [1.82, 2.24) is 9.80 Å². The van der Waals surface area contributed by atoms with Crippen LogP contribution in [0.3, 0.4) is 0 Å². The predicted octanol–water partition coefficient (Wildman–Crippen LogP) is 1.92. The van der Waals surface area contributed by atoms with Crippen molar-refractivity contribution in [3.05, 3.63) is 35.9 Å². The van der Waals surface area contributed by atoms with E-state index in [0.29, 0.717) is 25.6 Å². The number of likely N-dealkylation sites (tertiary alicyclic amines) is 1. The van der Waals surface area contributed by atoms with E-state index in [9.17, 15) is 13.6 Å². The molecule has 28 heavy (non-hydrogen) atoms. The Hall–Kier alpha value is -1.28. The summed E-state index contributed by atoms with van der Waals surface area (Å²) in [7, 11) is -3.54. The van der Waals surface area contributed by atoms with Crippen LogP contribution >= 0.6 is 0 Å². The molecule has 0 spiro atoms. The third kappa shape index (κ3) is 3.43. The van der Waals surface area contributed by atoms with Crippen molar-refractivity contribution in [2.45, 2.75) is 49.3 Å². The zero-order valence-corrected chi connectivity index (χ0v) is 17.5. The zero-order chi connectivity index (χ0) is 19.9. The summed E-state index contributed by atoms with van der Waals surface area (Å²) in [4.78, 5) is 17.3. The first-order chi connectivity index (χ1) is 13.3. The molecule has 3 heterocycles. The molecule has 154 valence electrons. The van der Waals surface area contributed by atoms with Crippen LogP contribution in [-0.2, 0) is 30.5 Å². The summed E-state index contributed by atoms with van der Waals surface area (Å²) in [5.41, 5.74) is 1.03. The maximum atomic E-state index is 13.3. The number of nitrogens with zero attached hydrogens (tertiary/aromatic N) is 2. The van der Waals surface area contributed by atoms with E-state index in [2.05, 4.69) is 4.90 Å². The average Bonchev–Trinajstić information content (AvgIpc) is 3.10. The average molecular weight is 407 g/mol. The molecule has 0 radical (unpaired) electrons. The smallest absolute Gasteiger partial charge is 0.278 e. The minimum absolute atomic E-state index is 0.273. The summed E-state index contributed by atoms with van der Waals surface area (Å²) in [5.74, 6) is 0.272. The Morgan fingerprint density at radius 3 is 2.54 bits per heavy atom. The SMILES string of the molecule is CC1(C)C(=O)N(Cc2ccccc2)[C@H]2CN(CC3CCOCC3)C[C@@H]2[S+]1(=O)[O-]. The van der Waals surface area contributed by atoms with Gasteiger partial charge in [-0.25, -0.2) is 0 Å². The fourth-order valence-corrected chi connectivity index (χ4v) is 7.02. The van der Waals surface area contributed by atoms with Crippen LogP contribution in [-0.4, -0.2) is 69.1 Å². The summed E-state index contributed by atoms with van der Waals surface area (Å²) >= 11 is 0. The summed E-state index contributed by atoms with van der Waals surface area (Å²) in [6.45, 7) is 7.22. The maximum Gasteiger partial charge on any atom is 0.278 e. The normalized spacial score (nSPS) is 33.8. The van der Waals surface area contributed by atoms with Crippen LogP contribution in [0.5, 0.6) is 0 Å². The maximum absolute atomic E-state index is 13.3. The molecule has 3 atom stereocenters. The molecule has 7 heteroatoms. The molecular formula is C21H30N2O4S. The number of amides is 1. The number of hydrogen-bond acceptors (Lipinski definition) is 5. The lowest BCUT2D eigenvalue weighted by Gasteiger charge is -2.47. The van der Waals surface area contributed by atoms with E-state index in [0.717, 1.165) is 38.2 Å². The molecule has 0 saturated carbocycles. The van der Waals surface area contributed by atoms with Gasteiger partial charge in [-0.1, -0.05) is 30.3 Å². The highest BCUT2D eigenvalue weighted by molar-refractivity contribution is 8.00. The molecule has 3 aliphatic heterocycles. The lowest BCUT2D eigenvalue weighted by Crippen LogP contribution is -2.67. The number of rotatable bonds is 4. The van der Waals surface area contributed by atoms with Gasteiger partial charge in [0.05, 0.1) is 16.3 Å². The Balaban J connectivity index is 1.58. The van der Waals surface area contributed by atoms with Crippen molar-refractivity contribution in [3.8, 4) is 0 Å². The van der Waals surface area contributed by atoms with E-state index in [4.69, 9.17) is 4.74 Å². The molecule has 3 aliphatic rings. The highest BCUT2D eigenvalue weighted by Crippen LogP contribution is 2.41. The van der Waals surface area contributed by atoms with Gasteiger partial charge < -0.3 is 14.2 Å². The first kappa shape index (κ1) is 20.0. The van der Waals surface area contributed by atoms with Crippen molar-refractivity contribution in [3.63, 3.8) is 0 Å². The Morgan fingerprint density at radius 1 is 1.18 bits per heavy atom. The number of ether oxygens (including phenoxy) is 1. The third-order valence-electron chi connectivity index (χ3n) is 6.65. The van der Waals surface area contributed by atoms with E-state index in [1.807, 2.05) is 35.2 Å². The lowest BCUT2D eigenvalue weighted by molar-refractivity contribution is -0.137. The zero-order valence-electron chi connectivity index (χ0n) is 16.7. The van der Waals surface area contributed by atoms with Crippen LogP contribution in [0.2, 0.25) is 0 Å². The molecule has 1 aromatic rings. The van der Waals surface area contributed by atoms with E-state index in [1.54, 1.807) is 13.8 Å². The minimum Gasteiger partial charge on any atom is -0.614 e. The highest BCUT2D eigenvalue weighted by atomic mass is 32.3. The van der Waals surface area contributed by atoms with Crippen LogP contribution in [0.25, 0.3) is 0 Å². The number of sulfone groups is 1. The predicted molar refractivity (Wildman–Crippen MR) is 107 cm³/mol. The van der Waals surface area contributed by atoms with Gasteiger partial charge in [-0.15, -0.1) is 4.21 Å². The quantitative estimate of drug-likeness (QED) is 0.715. The van der Waals surface area contributed by atoms with E-state index >= 15 is 0 Å². The van der Waals surface area contributed by atoms with Crippen LogP contribution in [0.4, 0.5) is 0 Å². The molecule has 3 saturated heterocycles. The van der Waals surface area contributed by atoms with Crippen molar-refractivity contribution in [2.24, 2.45) is 5.92 Å². The van der Waals surface area contributed by atoms with Gasteiger partial charge in [-0.3, -0.25) is 9.69 Å². The molecule has 6 nitrogen and oxygen atoms in total. The fourth-order valence-electron chi connectivity index (χ4n) is 4.85. The van der Waals surface area contributed by atoms with Crippen molar-refractivity contribution >= 4 is 16.1 Å². The molecule has 1 amide bonds. The van der Waals surface area contributed by atoms with Gasteiger partial charge in [0.15, 0.2) is 5.25 Å². The first-order valence-electron chi connectivity index (χ1n) is 10.2. The Morgan fingerprint density at radius 2 is 1.86 bits per heavy atom. The van der Waals surface area contributed by atoms with E-state index < -0.39 is 20.2 Å². The number of benzene rings is 1. The number of fused-ring (bicyclic) bond motifs is 1. The molecule has 0 N–H and O–H groups in total. The van der Waals surface area contributed by atoms with Gasteiger partial charge >= 0.3 is 0 Å². The molecular weight excluding hydrogens is 376 g/mol. The lowest BCUT2D eigenvalue weighted by atomic mass is 10.00. The minimum atomic E-state index is -3.54. The van der Waals surface area contributed by atoms with Gasteiger partial charge in [0.25, 0.3) is 5.91 Å². The van der Waals surface area contributed by atoms with E-state index in [-0.39, 0.29) is 11.9 Å². The van der Waals surface area contributed by atoms with Crippen LogP contribution < -0.4 is 0 Å². The molecule has 0 aromatic heterocycles. The van der Waals surface area contributed by atoms with Crippen LogP contribution in [0, 0.1) is 5.92 Å². The summed E-state index contributed by atoms with van der Waals surface area (Å²) in [5, 5.41) is -0.510. The highest BCUT2D eigenvalue weighted by Gasteiger charge is 2.63. The van der Waals surface area contributed by atoms with Crippen LogP contribution in [0.15, 0.2) is 30.3 Å². The standard InChI is InChI=1S/C21H30N2O4S/c1-21(2)20(24)23(13-16-6-4-3-5-7-16)18-14-22(15-19(18)28(21,25)26)12-17-8-10-27-11-9-17/h3-7,17-19H,8-15H2,1-2H3/t18-,19-/m0/s1. The van der Waals surface area contributed by atoms with Crippen molar-refractivity contribution in [2.75, 3.05) is 32.8 Å². The number of hydrogen-bond donors (Lipinski definition) is 0. The van der Waals surface area contributed by atoms with Crippen molar-refractivity contribution in [1.29, 1.82) is 0 Å². The number of carbonyl (C=O) groups excluding carboxylic acids is 1. The van der Waals surface area contributed by atoms with Crippen LogP contribution in [0.1, 0.15) is 32.3 Å². The van der Waals surface area contributed by atoms with Gasteiger partial charge in [-0.2, -0.15) is 0 Å². The Labute approximate surface area is 168 Å². The number of carbonyl (C=O) groups is 1. The second kappa shape index (κ2) is 7.52.